The molecular formula is C12H16INO3. The van der Waals surface area contributed by atoms with Crippen LogP contribution in [0.5, 0.6) is 5.75 Å². The molecule has 0 bridgehead atoms. The van der Waals surface area contributed by atoms with Crippen LogP contribution < -0.4 is 10.1 Å². The highest BCUT2D eigenvalue weighted by Gasteiger charge is 2.14. The minimum absolute atomic E-state index is 0.174. The maximum atomic E-state index is 11.2. The Morgan fingerprint density at radius 3 is 2.76 bits per heavy atom. The summed E-state index contributed by atoms with van der Waals surface area (Å²) in [5, 5.41) is 3.20. The second-order valence-corrected chi connectivity index (χ2v) is 4.94. The van der Waals surface area contributed by atoms with Gasteiger partial charge in [-0.15, -0.1) is 0 Å². The third-order valence-corrected chi connectivity index (χ3v) is 3.24. The summed E-state index contributed by atoms with van der Waals surface area (Å²) < 4.78 is 9.71. The van der Waals surface area contributed by atoms with Crippen molar-refractivity contribution in [3.63, 3.8) is 0 Å². The van der Waals surface area contributed by atoms with Gasteiger partial charge in [-0.3, -0.25) is 4.79 Å². The van der Waals surface area contributed by atoms with Crippen LogP contribution in [-0.4, -0.2) is 30.7 Å². The van der Waals surface area contributed by atoms with Crippen LogP contribution in [0.25, 0.3) is 0 Å². The number of benzene rings is 1. The van der Waals surface area contributed by atoms with Gasteiger partial charge >= 0.3 is 5.97 Å². The zero-order chi connectivity index (χ0) is 12.7. The second-order valence-electron chi connectivity index (χ2n) is 3.43. The number of carbonyl (C=O) groups is 1. The molecule has 0 aliphatic rings. The van der Waals surface area contributed by atoms with Gasteiger partial charge in [-0.05, 0) is 6.07 Å². The summed E-state index contributed by atoms with van der Waals surface area (Å²) in [4.78, 5) is 11.2. The number of ether oxygens (including phenoxy) is 2. The van der Waals surface area contributed by atoms with Crippen LogP contribution in [0.15, 0.2) is 24.3 Å². The first-order valence-corrected chi connectivity index (χ1v) is 6.48. The first-order valence-electron chi connectivity index (χ1n) is 5.23. The van der Waals surface area contributed by atoms with Crippen LogP contribution in [0.2, 0.25) is 0 Å². The molecule has 0 saturated carbocycles. The molecule has 1 unspecified atom stereocenters. The topological polar surface area (TPSA) is 47.6 Å². The van der Waals surface area contributed by atoms with Crippen molar-refractivity contribution in [3.05, 3.63) is 29.8 Å². The molecule has 1 aromatic rings. The Kier molecular flexibility index (Phi) is 6.28. The molecule has 0 aromatic heterocycles. The molecule has 0 aliphatic heterocycles. The first-order chi connectivity index (χ1) is 8.19. The predicted molar refractivity (Wildman–Crippen MR) is 74.5 cm³/mol. The zero-order valence-corrected chi connectivity index (χ0v) is 12.1. The van der Waals surface area contributed by atoms with Crippen molar-refractivity contribution < 1.29 is 14.3 Å². The van der Waals surface area contributed by atoms with E-state index in [4.69, 9.17) is 4.74 Å². The van der Waals surface area contributed by atoms with Crippen molar-refractivity contribution in [1.82, 2.24) is 5.32 Å². The summed E-state index contributed by atoms with van der Waals surface area (Å²) in [7, 11) is 3.04. The zero-order valence-electron chi connectivity index (χ0n) is 9.90. The lowest BCUT2D eigenvalue weighted by atomic mass is 10.2. The van der Waals surface area contributed by atoms with E-state index in [-0.39, 0.29) is 9.89 Å². The number of hydrogen-bond acceptors (Lipinski definition) is 4. The number of nitrogens with one attached hydrogen (secondary N) is 1. The van der Waals surface area contributed by atoms with Gasteiger partial charge in [0, 0.05) is 18.7 Å². The lowest BCUT2D eigenvalue weighted by molar-refractivity contribution is -0.139. The van der Waals surface area contributed by atoms with E-state index in [1.807, 2.05) is 24.3 Å². The minimum atomic E-state index is -0.210. The van der Waals surface area contributed by atoms with Crippen LogP contribution in [0.1, 0.15) is 5.56 Å². The summed E-state index contributed by atoms with van der Waals surface area (Å²) in [6, 6.07) is 7.80. The molecular weight excluding hydrogens is 333 g/mol. The maximum absolute atomic E-state index is 11.2. The number of esters is 1. The van der Waals surface area contributed by atoms with Crippen molar-refractivity contribution >= 4 is 28.6 Å². The fourth-order valence-corrected chi connectivity index (χ4v) is 1.96. The average molecular weight is 349 g/mol. The molecule has 0 amide bonds. The number of hydrogen-bond donors (Lipinski definition) is 1. The van der Waals surface area contributed by atoms with E-state index >= 15 is 0 Å². The highest BCUT2D eigenvalue weighted by molar-refractivity contribution is 14.1. The molecule has 17 heavy (non-hydrogen) atoms. The molecule has 4 nitrogen and oxygen atoms in total. The number of methoxy groups -OCH3 is 2. The second kappa shape index (κ2) is 7.50. The van der Waals surface area contributed by atoms with Gasteiger partial charge in [0.15, 0.2) is 0 Å². The Morgan fingerprint density at radius 2 is 2.12 bits per heavy atom. The highest BCUT2D eigenvalue weighted by atomic mass is 127. The molecule has 5 heteroatoms. The van der Waals surface area contributed by atoms with Crippen molar-refractivity contribution in [3.8, 4) is 5.75 Å². The van der Waals surface area contributed by atoms with E-state index in [1.54, 1.807) is 7.11 Å². The Bertz CT molecular complexity index is 371. The summed E-state index contributed by atoms with van der Waals surface area (Å²) in [5.41, 5.74) is 1.07. The standard InChI is InChI=1S/C12H16INO3/c1-16-11-6-4-3-5-9(11)7-14-8-10(13)12(15)17-2/h3-6,10,14H,7-8H2,1-2H3. The predicted octanol–water partition coefficient (Wildman–Crippen LogP) is 1.76. The number of alkyl halides is 1. The SMILES string of the molecule is COC(=O)C(I)CNCc1ccccc1OC. The van der Waals surface area contributed by atoms with Gasteiger partial charge in [0.05, 0.1) is 14.2 Å². The average Bonchev–Trinajstić information content (AvgIpc) is 2.38. The van der Waals surface area contributed by atoms with Crippen LogP contribution in [0.4, 0.5) is 0 Å². The van der Waals surface area contributed by atoms with Gasteiger partial charge in [-0.1, -0.05) is 40.8 Å². The molecule has 94 valence electrons. The fraction of sp³-hybridized carbons (Fsp3) is 0.417. The number of carbonyl (C=O) groups excluding carboxylic acids is 1. The number of halogens is 1. The van der Waals surface area contributed by atoms with E-state index in [1.165, 1.54) is 7.11 Å². The van der Waals surface area contributed by atoms with Gasteiger partial charge < -0.3 is 14.8 Å². The van der Waals surface area contributed by atoms with Crippen molar-refractivity contribution in [2.75, 3.05) is 20.8 Å². The Hall–Kier alpha value is -0.820. The Labute approximate surface area is 115 Å². The maximum Gasteiger partial charge on any atom is 0.319 e. The molecule has 0 aliphatic carbocycles. The van der Waals surface area contributed by atoms with Crippen LogP contribution >= 0.6 is 22.6 Å². The van der Waals surface area contributed by atoms with Crippen LogP contribution in [0, 0.1) is 0 Å². The molecule has 0 spiro atoms. The molecule has 1 atom stereocenters. The molecule has 0 radical (unpaired) electrons. The minimum Gasteiger partial charge on any atom is -0.496 e. The van der Waals surface area contributed by atoms with Gasteiger partial charge in [0.2, 0.25) is 0 Å². The monoisotopic (exact) mass is 349 g/mol. The van der Waals surface area contributed by atoms with Gasteiger partial charge in [0.1, 0.15) is 9.67 Å². The van der Waals surface area contributed by atoms with Gasteiger partial charge in [-0.2, -0.15) is 0 Å². The summed E-state index contributed by atoms with van der Waals surface area (Å²) in [6.07, 6.45) is 0. The van der Waals surface area contributed by atoms with E-state index in [0.717, 1.165) is 11.3 Å². The smallest absolute Gasteiger partial charge is 0.319 e. The molecule has 0 heterocycles. The quantitative estimate of drug-likeness (QED) is 0.483. The van der Waals surface area contributed by atoms with Crippen LogP contribution in [0.3, 0.4) is 0 Å². The lowest BCUT2D eigenvalue weighted by Crippen LogP contribution is -2.29. The van der Waals surface area contributed by atoms with E-state index < -0.39 is 0 Å². The van der Waals surface area contributed by atoms with E-state index in [9.17, 15) is 4.79 Å². The third kappa shape index (κ3) is 4.51. The van der Waals surface area contributed by atoms with Crippen molar-refractivity contribution in [2.45, 2.75) is 10.5 Å². The largest absolute Gasteiger partial charge is 0.496 e. The van der Waals surface area contributed by atoms with Gasteiger partial charge in [-0.25, -0.2) is 0 Å². The summed E-state index contributed by atoms with van der Waals surface area (Å²) in [6.45, 7) is 1.24. The van der Waals surface area contributed by atoms with E-state index in [2.05, 4.69) is 32.6 Å². The molecule has 0 fully saturated rings. The Morgan fingerprint density at radius 1 is 1.41 bits per heavy atom. The molecule has 1 rings (SSSR count). The van der Waals surface area contributed by atoms with Crippen molar-refractivity contribution in [1.29, 1.82) is 0 Å². The lowest BCUT2D eigenvalue weighted by Gasteiger charge is -2.11. The summed E-state index contributed by atoms with van der Waals surface area (Å²) >= 11 is 2.06. The fourth-order valence-electron chi connectivity index (χ4n) is 1.39. The molecule has 1 aromatic carbocycles. The third-order valence-electron chi connectivity index (χ3n) is 2.29. The van der Waals surface area contributed by atoms with Crippen LogP contribution in [-0.2, 0) is 16.1 Å². The number of para-hydroxylation sites is 1. The Balaban J connectivity index is 2.43. The molecule has 1 N–H and O–H groups in total. The van der Waals surface area contributed by atoms with Crippen molar-refractivity contribution in [2.24, 2.45) is 0 Å². The first kappa shape index (κ1) is 14.2. The summed E-state index contributed by atoms with van der Waals surface area (Å²) in [5.74, 6) is 0.640. The molecule has 0 saturated heterocycles. The normalized spacial score (nSPS) is 11.9. The van der Waals surface area contributed by atoms with E-state index in [0.29, 0.717) is 13.1 Å². The van der Waals surface area contributed by atoms with Gasteiger partial charge in [0.25, 0.3) is 0 Å². The number of rotatable bonds is 6. The highest BCUT2D eigenvalue weighted by Crippen LogP contribution is 2.16.